The lowest BCUT2D eigenvalue weighted by Gasteiger charge is -2.22. The van der Waals surface area contributed by atoms with Gasteiger partial charge in [-0.15, -0.1) is 5.10 Å². The molecular weight excluding hydrogens is 499 g/mol. The number of nitrogens with one attached hydrogen (secondary N) is 3. The van der Waals surface area contributed by atoms with Gasteiger partial charge in [-0.2, -0.15) is 4.68 Å². The van der Waals surface area contributed by atoms with Gasteiger partial charge in [-0.25, -0.2) is 9.18 Å². The first-order chi connectivity index (χ1) is 18.7. The second kappa shape index (κ2) is 12.0. The molecule has 1 atom stereocenters. The molecule has 206 valence electrons. The van der Waals surface area contributed by atoms with E-state index in [1.165, 1.54) is 4.68 Å². The first kappa shape index (κ1) is 27.6. The fourth-order valence-electron chi connectivity index (χ4n) is 4.27. The molecule has 1 unspecified atom stereocenters. The number of hydrogen-bond acceptors (Lipinski definition) is 7. The molecule has 0 fully saturated rings. The van der Waals surface area contributed by atoms with Crippen molar-refractivity contribution in [2.45, 2.75) is 32.2 Å². The highest BCUT2D eigenvalue weighted by Crippen LogP contribution is 2.33. The fraction of sp³-hybridized carbons (Fsp3) is 0.321. The number of nitrogens with zero attached hydrogens (tertiary/aromatic N) is 3. The predicted molar refractivity (Wildman–Crippen MR) is 151 cm³/mol. The number of likely N-dealkylation sites (N-methyl/N-ethyl adjacent to an activating group) is 1. The van der Waals surface area contributed by atoms with Crippen molar-refractivity contribution in [1.82, 2.24) is 19.7 Å². The number of benzene rings is 2. The summed E-state index contributed by atoms with van der Waals surface area (Å²) < 4.78 is 23.1. The normalized spacial score (nSPS) is 14.1. The molecule has 0 saturated carbocycles. The standard InChI is InChI=1S/C28H35FN8O2/c1-4-17-15-20(24(29)23(16-17)39-14-13-36(2)3)25(33-19-11-9-18(10-12-19)26(31)32)27-34-28(38)37(35-27)22-8-6-5-7-21(22)30/h7-12,15-16,25,33H,4-6,13-14,30H2,1-3H3,(H3,31,32)(H,34,35,38). The van der Waals surface area contributed by atoms with Crippen molar-refractivity contribution in [3.8, 4) is 5.75 Å². The van der Waals surface area contributed by atoms with Crippen molar-refractivity contribution >= 4 is 17.2 Å². The van der Waals surface area contributed by atoms with E-state index in [9.17, 15) is 4.79 Å². The molecule has 10 nitrogen and oxygen atoms in total. The van der Waals surface area contributed by atoms with Gasteiger partial charge in [0.1, 0.15) is 18.5 Å². The van der Waals surface area contributed by atoms with E-state index in [-0.39, 0.29) is 23.0 Å². The number of aryl methyl sites for hydroxylation is 1. The number of halogens is 1. The van der Waals surface area contributed by atoms with E-state index in [4.69, 9.17) is 21.6 Å². The van der Waals surface area contributed by atoms with E-state index in [1.807, 2.05) is 38.1 Å². The molecule has 2 aromatic carbocycles. The molecule has 7 N–H and O–H groups in total. The van der Waals surface area contributed by atoms with Gasteiger partial charge in [-0.1, -0.05) is 25.1 Å². The Kier molecular flexibility index (Phi) is 8.50. The Morgan fingerprint density at radius 2 is 1.97 bits per heavy atom. The Hall–Kier alpha value is -4.38. The van der Waals surface area contributed by atoms with Gasteiger partial charge in [0.15, 0.2) is 17.4 Å². The molecule has 0 radical (unpaired) electrons. The number of hydrogen-bond donors (Lipinski definition) is 5. The van der Waals surface area contributed by atoms with Gasteiger partial charge in [-0.3, -0.25) is 10.4 Å². The number of nitrogen functional groups attached to an aromatic ring is 1. The molecule has 1 aliphatic carbocycles. The largest absolute Gasteiger partial charge is 0.489 e. The van der Waals surface area contributed by atoms with Crippen LogP contribution in [0.1, 0.15) is 48.3 Å². The van der Waals surface area contributed by atoms with Gasteiger partial charge >= 0.3 is 5.69 Å². The van der Waals surface area contributed by atoms with Gasteiger partial charge in [0.2, 0.25) is 0 Å². The maximum Gasteiger partial charge on any atom is 0.348 e. The first-order valence-corrected chi connectivity index (χ1v) is 12.8. The third-order valence-corrected chi connectivity index (χ3v) is 6.45. The van der Waals surface area contributed by atoms with Crippen molar-refractivity contribution < 1.29 is 9.13 Å². The average molecular weight is 535 g/mol. The number of rotatable bonds is 11. The monoisotopic (exact) mass is 534 g/mol. The number of aromatic nitrogens is 3. The van der Waals surface area contributed by atoms with Crippen LogP contribution in [0.4, 0.5) is 10.1 Å². The molecule has 4 rings (SSSR count). The first-order valence-electron chi connectivity index (χ1n) is 12.8. The highest BCUT2D eigenvalue weighted by atomic mass is 19.1. The summed E-state index contributed by atoms with van der Waals surface area (Å²) in [6.45, 7) is 2.91. The zero-order valence-electron chi connectivity index (χ0n) is 22.4. The van der Waals surface area contributed by atoms with Gasteiger partial charge < -0.3 is 26.4 Å². The van der Waals surface area contributed by atoms with Crippen molar-refractivity contribution in [2.24, 2.45) is 11.5 Å². The molecule has 0 spiro atoms. The van der Waals surface area contributed by atoms with Gasteiger partial charge in [0.05, 0.1) is 11.4 Å². The van der Waals surface area contributed by atoms with Crippen LogP contribution in [-0.2, 0) is 6.42 Å². The van der Waals surface area contributed by atoms with Crippen molar-refractivity contribution in [3.63, 3.8) is 0 Å². The molecule has 1 aromatic heterocycles. The summed E-state index contributed by atoms with van der Waals surface area (Å²) in [5, 5.41) is 15.5. The van der Waals surface area contributed by atoms with Gasteiger partial charge in [0.25, 0.3) is 0 Å². The highest BCUT2D eigenvalue weighted by molar-refractivity contribution is 5.95. The Morgan fingerprint density at radius 3 is 2.62 bits per heavy atom. The van der Waals surface area contributed by atoms with Crippen molar-refractivity contribution in [2.75, 3.05) is 32.6 Å². The minimum Gasteiger partial charge on any atom is -0.489 e. The molecular formula is C28H35FN8O2. The Morgan fingerprint density at radius 1 is 1.26 bits per heavy atom. The lowest BCUT2D eigenvalue weighted by molar-refractivity contribution is 0.251. The second-order valence-corrected chi connectivity index (χ2v) is 9.62. The highest BCUT2D eigenvalue weighted by Gasteiger charge is 2.27. The lowest BCUT2D eigenvalue weighted by atomic mass is 10.00. The minimum atomic E-state index is -0.876. The third-order valence-electron chi connectivity index (χ3n) is 6.45. The zero-order valence-corrected chi connectivity index (χ0v) is 22.4. The molecule has 0 saturated heterocycles. The smallest absolute Gasteiger partial charge is 0.348 e. The van der Waals surface area contributed by atoms with E-state index in [2.05, 4.69) is 15.4 Å². The number of nitrogens with two attached hydrogens (primary N) is 2. The van der Waals surface area contributed by atoms with Gasteiger partial charge in [0, 0.05) is 23.4 Å². The molecule has 3 aromatic rings. The zero-order chi connectivity index (χ0) is 28.1. The summed E-state index contributed by atoms with van der Waals surface area (Å²) in [6.07, 6.45) is 5.88. The maximum absolute atomic E-state index is 16.1. The van der Waals surface area contributed by atoms with Crippen molar-refractivity contribution in [1.29, 1.82) is 5.41 Å². The lowest BCUT2D eigenvalue weighted by Crippen LogP contribution is -2.21. The summed E-state index contributed by atoms with van der Waals surface area (Å²) in [5.74, 6) is -0.264. The van der Waals surface area contributed by atoms with E-state index >= 15 is 4.39 Å². The van der Waals surface area contributed by atoms with E-state index < -0.39 is 17.5 Å². The topological polar surface area (TPSA) is 151 Å². The van der Waals surface area contributed by atoms with Crippen LogP contribution in [0.2, 0.25) is 0 Å². The molecule has 1 aliphatic rings. The van der Waals surface area contributed by atoms with Gasteiger partial charge in [-0.05, 0) is 69.3 Å². The summed E-state index contributed by atoms with van der Waals surface area (Å²) in [7, 11) is 3.84. The number of allylic oxidation sites excluding steroid dienone is 3. The average Bonchev–Trinajstić information content (AvgIpc) is 3.29. The van der Waals surface area contributed by atoms with Crippen LogP contribution in [0.3, 0.4) is 0 Å². The Labute approximate surface area is 226 Å². The van der Waals surface area contributed by atoms with Crippen LogP contribution in [0.25, 0.3) is 5.70 Å². The van der Waals surface area contributed by atoms with Crippen LogP contribution in [0.15, 0.2) is 59.0 Å². The number of aromatic amines is 1. The molecule has 39 heavy (non-hydrogen) atoms. The number of amidine groups is 1. The summed E-state index contributed by atoms with van der Waals surface area (Å²) in [6, 6.07) is 9.43. The molecule has 0 bridgehead atoms. The molecule has 0 amide bonds. The third kappa shape index (κ3) is 6.37. The Balaban J connectivity index is 1.81. The van der Waals surface area contributed by atoms with Crippen LogP contribution in [0, 0.1) is 11.2 Å². The van der Waals surface area contributed by atoms with Crippen molar-refractivity contribution in [3.05, 3.63) is 93.1 Å². The SMILES string of the molecule is CCc1cc(OCCN(C)C)c(F)c(C(Nc2ccc(C(=N)N)cc2)c2nn(C3=CCCC=C3N)c(=O)[nH]2)c1. The number of ether oxygens (including phenoxy) is 1. The minimum absolute atomic E-state index is 0.0613. The van der Waals surface area contributed by atoms with Crippen LogP contribution >= 0.6 is 0 Å². The number of H-pyrrole nitrogens is 1. The van der Waals surface area contributed by atoms with E-state index in [1.54, 1.807) is 36.4 Å². The van der Waals surface area contributed by atoms with Crippen LogP contribution in [0.5, 0.6) is 5.75 Å². The quantitative estimate of drug-likeness (QED) is 0.187. The van der Waals surface area contributed by atoms with E-state index in [0.717, 1.165) is 18.4 Å². The predicted octanol–water partition coefficient (Wildman–Crippen LogP) is 3.18. The number of anilines is 1. The second-order valence-electron chi connectivity index (χ2n) is 9.62. The maximum atomic E-state index is 16.1. The molecule has 11 heteroatoms. The Bertz CT molecular complexity index is 1450. The summed E-state index contributed by atoms with van der Waals surface area (Å²) in [4.78, 5) is 17.8. The summed E-state index contributed by atoms with van der Waals surface area (Å²) >= 11 is 0. The molecule has 1 heterocycles. The fourth-order valence-corrected chi connectivity index (χ4v) is 4.27. The van der Waals surface area contributed by atoms with Crippen LogP contribution < -0.4 is 27.2 Å². The van der Waals surface area contributed by atoms with E-state index in [0.29, 0.717) is 42.2 Å². The van der Waals surface area contributed by atoms with Crippen LogP contribution in [-0.4, -0.2) is 52.7 Å². The summed E-state index contributed by atoms with van der Waals surface area (Å²) in [5.41, 5.74) is 14.5. The molecule has 0 aliphatic heterocycles.